The van der Waals surface area contributed by atoms with Crippen LogP contribution < -0.4 is 19.5 Å². The van der Waals surface area contributed by atoms with Crippen molar-refractivity contribution >= 4 is 0 Å². The number of methoxy groups -OCH3 is 2. The molecule has 0 bridgehead atoms. The van der Waals surface area contributed by atoms with Crippen LogP contribution >= 0.6 is 0 Å². The Kier molecular flexibility index (Phi) is 7.44. The number of hydrogen-bond donors (Lipinski definition) is 2. The number of ether oxygens (including phenoxy) is 3. The summed E-state index contributed by atoms with van der Waals surface area (Å²) in [6, 6.07) is 18.8. The lowest BCUT2D eigenvalue weighted by molar-refractivity contribution is 0.173. The van der Waals surface area contributed by atoms with Gasteiger partial charge in [0.1, 0.15) is 23.9 Å². The summed E-state index contributed by atoms with van der Waals surface area (Å²) in [5.74, 6) is 2.22. The van der Waals surface area contributed by atoms with Crippen molar-refractivity contribution in [2.45, 2.75) is 19.3 Å². The highest BCUT2D eigenvalue weighted by Gasteiger charge is 2.11. The first-order chi connectivity index (χ1) is 14.2. The topological polar surface area (TPSA) is 72.8 Å². The number of aliphatic hydroxyl groups is 1. The maximum atomic E-state index is 10.5. The second-order valence-electron chi connectivity index (χ2n) is 6.51. The second kappa shape index (κ2) is 10.5. The summed E-state index contributed by atoms with van der Waals surface area (Å²) < 4.78 is 16.5. The van der Waals surface area contributed by atoms with Crippen molar-refractivity contribution in [1.29, 1.82) is 0 Å². The number of nitrogens with one attached hydrogen (secondary N) is 1. The van der Waals surface area contributed by atoms with E-state index in [2.05, 4.69) is 10.3 Å². The van der Waals surface area contributed by atoms with Crippen LogP contribution in [0.5, 0.6) is 17.2 Å². The molecule has 2 N–H and O–H groups in total. The van der Waals surface area contributed by atoms with Crippen LogP contribution in [0, 0.1) is 0 Å². The lowest BCUT2D eigenvalue weighted by atomic mass is 10.1. The first kappa shape index (κ1) is 20.6. The van der Waals surface area contributed by atoms with E-state index in [0.717, 1.165) is 34.1 Å². The van der Waals surface area contributed by atoms with E-state index in [1.54, 1.807) is 20.4 Å². The van der Waals surface area contributed by atoms with Crippen molar-refractivity contribution in [2.75, 3.05) is 20.8 Å². The molecule has 1 atom stereocenters. The zero-order valence-electron chi connectivity index (χ0n) is 16.7. The van der Waals surface area contributed by atoms with Gasteiger partial charge in [-0.25, -0.2) is 0 Å². The van der Waals surface area contributed by atoms with E-state index in [4.69, 9.17) is 14.2 Å². The molecule has 0 aliphatic rings. The minimum absolute atomic E-state index is 0.382. The lowest BCUT2D eigenvalue weighted by Gasteiger charge is -2.16. The number of benzene rings is 2. The van der Waals surface area contributed by atoms with Crippen LogP contribution in [0.15, 0.2) is 66.9 Å². The molecule has 6 heteroatoms. The molecule has 0 spiro atoms. The summed E-state index contributed by atoms with van der Waals surface area (Å²) >= 11 is 0. The third-order valence-electron chi connectivity index (χ3n) is 4.50. The average molecular weight is 394 g/mol. The van der Waals surface area contributed by atoms with Crippen LogP contribution in [0.3, 0.4) is 0 Å². The van der Waals surface area contributed by atoms with Gasteiger partial charge in [-0.15, -0.1) is 0 Å². The number of nitrogens with zero attached hydrogens (tertiary/aromatic N) is 1. The van der Waals surface area contributed by atoms with E-state index < -0.39 is 6.10 Å². The number of rotatable bonds is 10. The first-order valence-corrected chi connectivity index (χ1v) is 9.42. The van der Waals surface area contributed by atoms with Gasteiger partial charge < -0.3 is 24.6 Å². The zero-order chi connectivity index (χ0) is 20.5. The third kappa shape index (κ3) is 5.94. The minimum Gasteiger partial charge on any atom is -0.497 e. The van der Waals surface area contributed by atoms with Crippen molar-refractivity contribution in [3.8, 4) is 17.2 Å². The summed E-state index contributed by atoms with van der Waals surface area (Å²) in [6.07, 6.45) is 1.10. The molecular formula is C23H26N2O4. The fourth-order valence-corrected chi connectivity index (χ4v) is 2.91. The molecule has 0 radical (unpaired) electrons. The highest BCUT2D eigenvalue weighted by Crippen LogP contribution is 2.25. The summed E-state index contributed by atoms with van der Waals surface area (Å²) in [4.78, 5) is 4.28. The molecule has 1 heterocycles. The Morgan fingerprint density at radius 2 is 1.79 bits per heavy atom. The van der Waals surface area contributed by atoms with Gasteiger partial charge >= 0.3 is 0 Å². The maximum absolute atomic E-state index is 10.5. The fraction of sp³-hybridized carbons (Fsp3) is 0.261. The largest absolute Gasteiger partial charge is 0.497 e. The van der Waals surface area contributed by atoms with Gasteiger partial charge in [-0.1, -0.05) is 18.2 Å². The first-order valence-electron chi connectivity index (χ1n) is 9.42. The summed E-state index contributed by atoms with van der Waals surface area (Å²) in [5.41, 5.74) is 2.60. The molecule has 2 aromatic carbocycles. The number of pyridine rings is 1. The van der Waals surface area contributed by atoms with Gasteiger partial charge in [0, 0.05) is 24.8 Å². The molecule has 152 valence electrons. The van der Waals surface area contributed by atoms with Crippen molar-refractivity contribution < 1.29 is 19.3 Å². The fourth-order valence-electron chi connectivity index (χ4n) is 2.91. The van der Waals surface area contributed by atoms with Crippen molar-refractivity contribution in [3.63, 3.8) is 0 Å². The molecule has 0 saturated heterocycles. The van der Waals surface area contributed by atoms with E-state index in [1.807, 2.05) is 60.7 Å². The van der Waals surface area contributed by atoms with Gasteiger partial charge in [-0.2, -0.15) is 0 Å². The van der Waals surface area contributed by atoms with Gasteiger partial charge in [0.05, 0.1) is 26.0 Å². The Bertz CT molecular complexity index is 902. The molecule has 0 aliphatic heterocycles. The molecule has 3 aromatic rings. The van der Waals surface area contributed by atoms with E-state index in [-0.39, 0.29) is 0 Å². The van der Waals surface area contributed by atoms with Gasteiger partial charge in [-0.05, 0) is 48.0 Å². The molecule has 6 nitrogen and oxygen atoms in total. The van der Waals surface area contributed by atoms with Crippen LogP contribution in [0.25, 0.3) is 0 Å². The van der Waals surface area contributed by atoms with E-state index >= 15 is 0 Å². The standard InChI is InChI=1S/C23H26N2O4/c1-27-20-8-5-6-17(12-20)22(26)15-24-14-18-13-21(28-2)9-10-23(18)29-16-19-7-3-4-11-25-19/h3-13,22,24,26H,14-16H2,1-2H3. The van der Waals surface area contributed by atoms with Gasteiger partial charge in [0.2, 0.25) is 0 Å². The van der Waals surface area contributed by atoms with Crippen molar-refractivity contribution in [3.05, 3.63) is 83.7 Å². The number of aromatic nitrogens is 1. The van der Waals surface area contributed by atoms with Crippen LogP contribution in [0.1, 0.15) is 22.9 Å². The van der Waals surface area contributed by atoms with Crippen LogP contribution in [0.4, 0.5) is 0 Å². The Morgan fingerprint density at radius 1 is 0.966 bits per heavy atom. The Morgan fingerprint density at radius 3 is 2.55 bits per heavy atom. The van der Waals surface area contributed by atoms with Crippen LogP contribution in [-0.4, -0.2) is 30.9 Å². The highest BCUT2D eigenvalue weighted by atomic mass is 16.5. The summed E-state index contributed by atoms with van der Waals surface area (Å²) in [7, 11) is 3.24. The SMILES string of the molecule is COc1cccc(C(O)CNCc2cc(OC)ccc2OCc2ccccn2)c1. The smallest absolute Gasteiger partial charge is 0.130 e. The third-order valence-corrected chi connectivity index (χ3v) is 4.50. The molecule has 0 saturated carbocycles. The molecule has 0 amide bonds. The molecule has 0 aliphatic carbocycles. The second-order valence-corrected chi connectivity index (χ2v) is 6.51. The van der Waals surface area contributed by atoms with Crippen LogP contribution in [-0.2, 0) is 13.2 Å². The predicted molar refractivity (Wildman–Crippen MR) is 111 cm³/mol. The highest BCUT2D eigenvalue weighted by molar-refractivity contribution is 5.40. The minimum atomic E-state index is -0.645. The zero-order valence-corrected chi connectivity index (χ0v) is 16.7. The van der Waals surface area contributed by atoms with Crippen LogP contribution in [0.2, 0.25) is 0 Å². The molecule has 3 rings (SSSR count). The lowest BCUT2D eigenvalue weighted by Crippen LogP contribution is -2.21. The predicted octanol–water partition coefficient (Wildman–Crippen LogP) is 3.50. The average Bonchev–Trinajstić information content (AvgIpc) is 2.78. The van der Waals surface area contributed by atoms with Gasteiger partial charge in [-0.3, -0.25) is 4.98 Å². The van der Waals surface area contributed by atoms with Crippen molar-refractivity contribution in [1.82, 2.24) is 10.3 Å². The number of hydrogen-bond acceptors (Lipinski definition) is 6. The maximum Gasteiger partial charge on any atom is 0.130 e. The Hall–Kier alpha value is -3.09. The molecule has 1 aromatic heterocycles. The summed E-state index contributed by atoms with van der Waals surface area (Å²) in [6.45, 7) is 1.30. The van der Waals surface area contributed by atoms with Gasteiger partial charge in [0.25, 0.3) is 0 Å². The molecule has 1 unspecified atom stereocenters. The molecule has 0 fully saturated rings. The van der Waals surface area contributed by atoms with E-state index in [1.165, 1.54) is 0 Å². The quantitative estimate of drug-likeness (QED) is 0.548. The molecular weight excluding hydrogens is 368 g/mol. The van der Waals surface area contributed by atoms with Gasteiger partial charge in [0.15, 0.2) is 0 Å². The normalized spacial score (nSPS) is 11.7. The Labute approximate surface area is 171 Å². The number of aliphatic hydroxyl groups excluding tert-OH is 1. The molecule has 29 heavy (non-hydrogen) atoms. The van der Waals surface area contributed by atoms with E-state index in [9.17, 15) is 5.11 Å². The summed E-state index contributed by atoms with van der Waals surface area (Å²) in [5, 5.41) is 13.7. The van der Waals surface area contributed by atoms with E-state index in [0.29, 0.717) is 19.7 Å². The monoisotopic (exact) mass is 394 g/mol. The van der Waals surface area contributed by atoms with Crippen molar-refractivity contribution in [2.24, 2.45) is 0 Å². The Balaban J connectivity index is 1.62.